The van der Waals surface area contributed by atoms with E-state index < -0.39 is 0 Å². The molecule has 5 rings (SSSR count). The molecule has 7 heteroatoms. The first-order chi connectivity index (χ1) is 17.2. The van der Waals surface area contributed by atoms with Crippen LogP contribution in [-0.4, -0.2) is 28.6 Å². The van der Waals surface area contributed by atoms with Crippen LogP contribution < -0.4 is 20.1 Å². The number of nitrogens with one attached hydrogen (secondary N) is 2. The lowest BCUT2D eigenvalue weighted by Gasteiger charge is -2.13. The summed E-state index contributed by atoms with van der Waals surface area (Å²) in [5.74, 6) is 2.41. The second kappa shape index (κ2) is 10.2. The fourth-order valence-electron chi connectivity index (χ4n) is 3.95. The van der Waals surface area contributed by atoms with Gasteiger partial charge in [0.15, 0.2) is 11.5 Å². The number of ether oxygens (including phenoxy) is 2. The minimum Gasteiger partial charge on any atom is -0.497 e. The monoisotopic (exact) mass is 465 g/mol. The Bertz CT molecular complexity index is 1430. The lowest BCUT2D eigenvalue weighted by molar-refractivity contribution is 0.410. The molecule has 5 aromatic rings. The predicted octanol–water partition coefficient (Wildman–Crippen LogP) is 5.64. The Labute approximate surface area is 204 Å². The second-order valence-corrected chi connectivity index (χ2v) is 8.08. The number of hydrogen-bond acceptors (Lipinski definition) is 6. The van der Waals surface area contributed by atoms with Crippen LogP contribution >= 0.6 is 0 Å². The molecule has 35 heavy (non-hydrogen) atoms. The zero-order valence-corrected chi connectivity index (χ0v) is 19.7. The number of fused-ring (bicyclic) bond motifs is 1. The Kier molecular flexibility index (Phi) is 6.48. The van der Waals surface area contributed by atoms with Crippen molar-refractivity contribution in [2.75, 3.05) is 24.9 Å². The number of aromatic nitrogens is 3. The van der Waals surface area contributed by atoms with E-state index in [1.807, 2.05) is 59.3 Å². The van der Waals surface area contributed by atoms with Crippen LogP contribution in [0.2, 0.25) is 0 Å². The summed E-state index contributed by atoms with van der Waals surface area (Å²) in [7, 11) is 3.35. The summed E-state index contributed by atoms with van der Waals surface area (Å²) >= 11 is 0. The summed E-state index contributed by atoms with van der Waals surface area (Å²) < 4.78 is 12.7. The Hall–Kier alpha value is -4.52. The maximum atomic E-state index is 5.48. The van der Waals surface area contributed by atoms with Crippen molar-refractivity contribution >= 4 is 17.2 Å². The molecular weight excluding hydrogens is 438 g/mol. The number of imidazole rings is 1. The molecule has 0 aliphatic heterocycles. The van der Waals surface area contributed by atoms with Gasteiger partial charge in [0.2, 0.25) is 0 Å². The fraction of sp³-hybridized carbons (Fsp3) is 0.143. The maximum absolute atomic E-state index is 5.48. The quantitative estimate of drug-likeness (QED) is 0.294. The molecule has 2 aromatic heterocycles. The lowest BCUT2D eigenvalue weighted by Crippen LogP contribution is -2.06. The van der Waals surface area contributed by atoms with E-state index in [0.29, 0.717) is 13.1 Å². The van der Waals surface area contributed by atoms with E-state index in [-0.39, 0.29) is 0 Å². The van der Waals surface area contributed by atoms with Gasteiger partial charge >= 0.3 is 0 Å². The smallest absolute Gasteiger partial charge is 0.180 e. The molecule has 0 amide bonds. The highest BCUT2D eigenvalue weighted by Gasteiger charge is 2.11. The van der Waals surface area contributed by atoms with Crippen molar-refractivity contribution in [1.82, 2.24) is 14.4 Å². The minimum atomic E-state index is 0.576. The molecule has 0 atom stereocenters. The number of hydrogen-bond donors (Lipinski definition) is 2. The van der Waals surface area contributed by atoms with Gasteiger partial charge in [0.05, 0.1) is 19.9 Å². The second-order valence-electron chi connectivity index (χ2n) is 8.08. The number of benzene rings is 3. The van der Waals surface area contributed by atoms with Crippen molar-refractivity contribution in [1.29, 1.82) is 0 Å². The molecule has 0 fully saturated rings. The molecule has 0 aliphatic carbocycles. The minimum absolute atomic E-state index is 0.576. The van der Waals surface area contributed by atoms with Crippen LogP contribution in [0.4, 0.5) is 11.5 Å². The Morgan fingerprint density at radius 2 is 1.71 bits per heavy atom. The van der Waals surface area contributed by atoms with E-state index in [9.17, 15) is 0 Å². The average molecular weight is 466 g/mol. The predicted molar refractivity (Wildman–Crippen MR) is 139 cm³/mol. The lowest BCUT2D eigenvalue weighted by atomic mass is 10.1. The molecule has 0 bridgehead atoms. The van der Waals surface area contributed by atoms with Gasteiger partial charge in [0.25, 0.3) is 0 Å². The Balaban J connectivity index is 1.37. The first-order valence-corrected chi connectivity index (χ1v) is 11.4. The van der Waals surface area contributed by atoms with Crippen LogP contribution in [0, 0.1) is 0 Å². The van der Waals surface area contributed by atoms with Gasteiger partial charge in [-0.05, 0) is 35.9 Å². The molecule has 0 radical (unpaired) electrons. The first-order valence-electron chi connectivity index (χ1n) is 11.4. The fourth-order valence-corrected chi connectivity index (χ4v) is 3.95. The zero-order chi connectivity index (χ0) is 24.0. The number of methoxy groups -OCH3 is 2. The molecule has 7 nitrogen and oxygen atoms in total. The van der Waals surface area contributed by atoms with Crippen molar-refractivity contribution in [3.8, 4) is 22.8 Å². The maximum Gasteiger partial charge on any atom is 0.180 e. The number of nitrogens with zero attached hydrogens (tertiary/aromatic N) is 3. The SMILES string of the molecule is COc1ccc(CNc2cccc(-c3cn4ccnc4c(NCc4ccccc4OC)n3)c2)cc1. The summed E-state index contributed by atoms with van der Waals surface area (Å²) in [6, 6.07) is 24.3. The molecule has 0 aliphatic rings. The number of anilines is 2. The molecule has 0 spiro atoms. The highest BCUT2D eigenvalue weighted by Crippen LogP contribution is 2.26. The normalized spacial score (nSPS) is 10.8. The van der Waals surface area contributed by atoms with E-state index in [2.05, 4.69) is 45.9 Å². The molecule has 2 heterocycles. The standard InChI is InChI=1S/C28H27N5O2/c1-34-24-12-10-20(11-13-24)17-30-23-8-5-7-21(16-23)25-19-33-15-14-29-28(33)27(32-25)31-18-22-6-3-4-9-26(22)35-2/h3-16,19,30H,17-18H2,1-2H3,(H,31,32). The Morgan fingerprint density at radius 1 is 0.857 bits per heavy atom. The van der Waals surface area contributed by atoms with Crippen molar-refractivity contribution in [2.45, 2.75) is 13.1 Å². The highest BCUT2D eigenvalue weighted by atomic mass is 16.5. The highest BCUT2D eigenvalue weighted by molar-refractivity contribution is 5.71. The third-order valence-corrected chi connectivity index (χ3v) is 5.83. The van der Waals surface area contributed by atoms with Gasteiger partial charge in [-0.15, -0.1) is 0 Å². The molecule has 176 valence electrons. The van der Waals surface area contributed by atoms with Gasteiger partial charge in [-0.25, -0.2) is 9.97 Å². The summed E-state index contributed by atoms with van der Waals surface area (Å²) in [6.07, 6.45) is 5.71. The Morgan fingerprint density at radius 3 is 2.54 bits per heavy atom. The summed E-state index contributed by atoms with van der Waals surface area (Å²) in [4.78, 5) is 9.40. The van der Waals surface area contributed by atoms with Gasteiger partial charge in [0, 0.05) is 48.5 Å². The molecule has 0 saturated heterocycles. The van der Waals surface area contributed by atoms with E-state index in [1.54, 1.807) is 20.4 Å². The van der Waals surface area contributed by atoms with Gasteiger partial charge in [0.1, 0.15) is 11.5 Å². The van der Waals surface area contributed by atoms with Gasteiger partial charge < -0.3 is 24.5 Å². The van der Waals surface area contributed by atoms with Crippen LogP contribution in [0.25, 0.3) is 16.9 Å². The molecule has 0 unspecified atom stereocenters. The zero-order valence-electron chi connectivity index (χ0n) is 19.7. The van der Waals surface area contributed by atoms with E-state index in [4.69, 9.17) is 14.5 Å². The topological polar surface area (TPSA) is 72.7 Å². The van der Waals surface area contributed by atoms with Crippen LogP contribution in [0.5, 0.6) is 11.5 Å². The molecule has 3 aromatic carbocycles. The number of rotatable bonds is 9. The van der Waals surface area contributed by atoms with Gasteiger partial charge in [-0.3, -0.25) is 0 Å². The molecule has 2 N–H and O–H groups in total. The van der Waals surface area contributed by atoms with E-state index in [0.717, 1.165) is 45.5 Å². The van der Waals surface area contributed by atoms with Gasteiger partial charge in [-0.2, -0.15) is 0 Å². The molecule has 0 saturated carbocycles. The van der Waals surface area contributed by atoms with Gasteiger partial charge in [-0.1, -0.05) is 42.5 Å². The van der Waals surface area contributed by atoms with Crippen molar-refractivity contribution in [2.24, 2.45) is 0 Å². The van der Waals surface area contributed by atoms with E-state index >= 15 is 0 Å². The summed E-state index contributed by atoms with van der Waals surface area (Å²) in [5.41, 5.74) is 5.90. The van der Waals surface area contributed by atoms with Crippen molar-refractivity contribution in [3.63, 3.8) is 0 Å². The van der Waals surface area contributed by atoms with Crippen LogP contribution in [-0.2, 0) is 13.1 Å². The molecular formula is C28H27N5O2. The van der Waals surface area contributed by atoms with Crippen molar-refractivity contribution < 1.29 is 9.47 Å². The summed E-state index contributed by atoms with van der Waals surface area (Å²) in [5, 5.41) is 6.94. The van der Waals surface area contributed by atoms with Crippen molar-refractivity contribution in [3.05, 3.63) is 103 Å². The van der Waals surface area contributed by atoms with Crippen LogP contribution in [0.15, 0.2) is 91.4 Å². The first kappa shape index (κ1) is 22.3. The van der Waals surface area contributed by atoms with Crippen LogP contribution in [0.3, 0.4) is 0 Å². The largest absolute Gasteiger partial charge is 0.497 e. The van der Waals surface area contributed by atoms with E-state index in [1.165, 1.54) is 5.56 Å². The number of para-hydroxylation sites is 1. The third-order valence-electron chi connectivity index (χ3n) is 5.83. The van der Waals surface area contributed by atoms with Crippen LogP contribution in [0.1, 0.15) is 11.1 Å². The summed E-state index contributed by atoms with van der Waals surface area (Å²) in [6.45, 7) is 1.29. The third kappa shape index (κ3) is 5.04. The average Bonchev–Trinajstić information content (AvgIpc) is 3.40.